The van der Waals surface area contributed by atoms with Gasteiger partial charge in [0, 0.05) is 31.2 Å². The number of aliphatic hydroxyl groups excluding tert-OH is 1. The molecule has 0 heterocycles. The van der Waals surface area contributed by atoms with E-state index in [0.29, 0.717) is 23.6 Å². The van der Waals surface area contributed by atoms with Gasteiger partial charge in [-0.15, -0.1) is 0 Å². The van der Waals surface area contributed by atoms with Crippen LogP contribution in [-0.2, 0) is 4.74 Å². The number of hydrogen-bond acceptors (Lipinski definition) is 3. The topological polar surface area (TPSA) is 41.5 Å². The average Bonchev–Trinajstić information content (AvgIpc) is 2.26. The Bertz CT molecular complexity index is 204. The van der Waals surface area contributed by atoms with Crippen molar-refractivity contribution in [1.29, 1.82) is 0 Å². The molecule has 0 radical (unpaired) electrons. The fraction of sp³-hybridized carbons (Fsp3) is 1.00. The number of rotatable bonds is 7. The van der Waals surface area contributed by atoms with Crippen molar-refractivity contribution in [3.05, 3.63) is 0 Å². The maximum Gasteiger partial charge on any atom is 0.0657 e. The van der Waals surface area contributed by atoms with E-state index in [1.54, 1.807) is 0 Å². The molecule has 16 heavy (non-hydrogen) atoms. The van der Waals surface area contributed by atoms with E-state index < -0.39 is 0 Å². The molecule has 0 aromatic carbocycles. The molecule has 1 rings (SSSR count). The van der Waals surface area contributed by atoms with Gasteiger partial charge in [0.25, 0.3) is 0 Å². The fourth-order valence-electron chi connectivity index (χ4n) is 3.13. The molecule has 3 atom stereocenters. The predicted octanol–water partition coefficient (Wildman–Crippen LogP) is 1.94. The van der Waals surface area contributed by atoms with Crippen molar-refractivity contribution >= 4 is 0 Å². The summed E-state index contributed by atoms with van der Waals surface area (Å²) in [5.74, 6) is 0. The molecule has 3 nitrogen and oxygen atoms in total. The van der Waals surface area contributed by atoms with Crippen LogP contribution < -0.4 is 5.32 Å². The smallest absolute Gasteiger partial charge is 0.0657 e. The van der Waals surface area contributed by atoms with Gasteiger partial charge in [-0.3, -0.25) is 0 Å². The molecule has 3 heteroatoms. The Kier molecular flexibility index (Phi) is 5.22. The molecule has 1 aliphatic carbocycles. The molecule has 0 bridgehead atoms. The third kappa shape index (κ3) is 2.41. The molecule has 96 valence electrons. The van der Waals surface area contributed by atoms with Crippen LogP contribution in [0.2, 0.25) is 0 Å². The van der Waals surface area contributed by atoms with Crippen LogP contribution >= 0.6 is 0 Å². The minimum Gasteiger partial charge on any atom is -0.396 e. The zero-order valence-corrected chi connectivity index (χ0v) is 11.1. The van der Waals surface area contributed by atoms with Crippen molar-refractivity contribution in [2.24, 2.45) is 5.41 Å². The lowest BCUT2D eigenvalue weighted by atomic mass is 9.58. The molecule has 0 spiro atoms. The molecule has 0 saturated heterocycles. The number of nitrogens with one attached hydrogen (secondary N) is 1. The van der Waals surface area contributed by atoms with Crippen LogP contribution in [0.3, 0.4) is 0 Å². The van der Waals surface area contributed by atoms with Crippen molar-refractivity contribution in [2.45, 2.75) is 64.6 Å². The first-order chi connectivity index (χ1) is 7.64. The van der Waals surface area contributed by atoms with E-state index in [1.807, 2.05) is 7.11 Å². The summed E-state index contributed by atoms with van der Waals surface area (Å²) in [5, 5.41) is 12.6. The predicted molar refractivity (Wildman–Crippen MR) is 66.5 cm³/mol. The number of aliphatic hydroxyl groups is 1. The standard InChI is InChI=1S/C13H27NO2/c1-5-13(6-2)11(9-12(13)16-4)14-10(3)7-8-15/h10-12,14-15H,5-9H2,1-4H3/t10-,11?,12?/m1/s1. The Morgan fingerprint density at radius 1 is 1.44 bits per heavy atom. The maximum atomic E-state index is 8.92. The zero-order chi connectivity index (χ0) is 12.2. The summed E-state index contributed by atoms with van der Waals surface area (Å²) in [6.45, 7) is 6.91. The van der Waals surface area contributed by atoms with Crippen LogP contribution in [0.15, 0.2) is 0 Å². The van der Waals surface area contributed by atoms with Gasteiger partial charge in [-0.05, 0) is 32.6 Å². The summed E-state index contributed by atoms with van der Waals surface area (Å²) in [4.78, 5) is 0. The van der Waals surface area contributed by atoms with Gasteiger partial charge in [0.15, 0.2) is 0 Å². The highest BCUT2D eigenvalue weighted by Crippen LogP contribution is 2.48. The van der Waals surface area contributed by atoms with Crippen LogP contribution in [0.4, 0.5) is 0 Å². The van der Waals surface area contributed by atoms with E-state index >= 15 is 0 Å². The summed E-state index contributed by atoms with van der Waals surface area (Å²) in [5.41, 5.74) is 0.304. The van der Waals surface area contributed by atoms with E-state index in [9.17, 15) is 0 Å². The van der Waals surface area contributed by atoms with Gasteiger partial charge in [-0.1, -0.05) is 13.8 Å². The lowest BCUT2D eigenvalue weighted by molar-refractivity contribution is -0.126. The molecule has 0 amide bonds. The Morgan fingerprint density at radius 3 is 2.50 bits per heavy atom. The second-order valence-corrected chi connectivity index (χ2v) is 5.03. The lowest BCUT2D eigenvalue weighted by Crippen LogP contribution is -2.64. The Morgan fingerprint density at radius 2 is 2.06 bits per heavy atom. The highest BCUT2D eigenvalue weighted by molar-refractivity contribution is 5.07. The summed E-state index contributed by atoms with van der Waals surface area (Å²) in [6.07, 6.45) is 4.66. The van der Waals surface area contributed by atoms with Crippen LogP contribution in [0.1, 0.15) is 46.5 Å². The molecule has 2 N–H and O–H groups in total. The zero-order valence-electron chi connectivity index (χ0n) is 11.1. The molecule has 1 fully saturated rings. The fourth-order valence-corrected chi connectivity index (χ4v) is 3.13. The molecule has 0 aromatic heterocycles. The minimum absolute atomic E-state index is 0.264. The third-order valence-corrected chi connectivity index (χ3v) is 4.43. The van der Waals surface area contributed by atoms with Crippen molar-refractivity contribution in [3.8, 4) is 0 Å². The first kappa shape index (κ1) is 13.9. The normalized spacial score (nSPS) is 29.8. The molecule has 1 aliphatic rings. The van der Waals surface area contributed by atoms with Gasteiger partial charge in [0.2, 0.25) is 0 Å². The SMILES string of the molecule is CCC1(CC)C(N[C@H](C)CCO)CC1OC. The highest BCUT2D eigenvalue weighted by Gasteiger charge is 2.52. The van der Waals surface area contributed by atoms with Crippen LogP contribution in [0.5, 0.6) is 0 Å². The monoisotopic (exact) mass is 229 g/mol. The van der Waals surface area contributed by atoms with Gasteiger partial charge < -0.3 is 15.2 Å². The van der Waals surface area contributed by atoms with Crippen molar-refractivity contribution in [3.63, 3.8) is 0 Å². The largest absolute Gasteiger partial charge is 0.396 e. The first-order valence-corrected chi connectivity index (χ1v) is 6.54. The Hall–Kier alpha value is -0.120. The van der Waals surface area contributed by atoms with E-state index in [4.69, 9.17) is 9.84 Å². The summed E-state index contributed by atoms with van der Waals surface area (Å²) < 4.78 is 5.57. The van der Waals surface area contributed by atoms with E-state index in [-0.39, 0.29) is 6.61 Å². The molecule has 0 aromatic rings. The quantitative estimate of drug-likeness (QED) is 0.701. The average molecular weight is 229 g/mol. The van der Waals surface area contributed by atoms with E-state index in [2.05, 4.69) is 26.1 Å². The number of methoxy groups -OCH3 is 1. The van der Waals surface area contributed by atoms with Gasteiger partial charge in [-0.2, -0.15) is 0 Å². The lowest BCUT2D eigenvalue weighted by Gasteiger charge is -2.56. The molecule has 1 saturated carbocycles. The Balaban J connectivity index is 2.55. The summed E-state index contributed by atoms with van der Waals surface area (Å²) >= 11 is 0. The minimum atomic E-state index is 0.264. The first-order valence-electron chi connectivity index (χ1n) is 6.54. The van der Waals surface area contributed by atoms with E-state index in [0.717, 1.165) is 25.7 Å². The summed E-state index contributed by atoms with van der Waals surface area (Å²) in [7, 11) is 1.82. The molecular formula is C13H27NO2. The summed E-state index contributed by atoms with van der Waals surface area (Å²) in [6, 6.07) is 0.944. The van der Waals surface area contributed by atoms with Crippen LogP contribution in [0, 0.1) is 5.41 Å². The van der Waals surface area contributed by atoms with Crippen molar-refractivity contribution in [1.82, 2.24) is 5.32 Å². The van der Waals surface area contributed by atoms with Gasteiger partial charge in [0.1, 0.15) is 0 Å². The maximum absolute atomic E-state index is 8.92. The Labute approximate surface area is 99.6 Å². The molecule has 0 aliphatic heterocycles. The van der Waals surface area contributed by atoms with E-state index in [1.165, 1.54) is 0 Å². The highest BCUT2D eigenvalue weighted by atomic mass is 16.5. The van der Waals surface area contributed by atoms with Crippen LogP contribution in [-0.4, -0.2) is 37.0 Å². The number of hydrogen-bond donors (Lipinski definition) is 2. The third-order valence-electron chi connectivity index (χ3n) is 4.43. The van der Waals surface area contributed by atoms with Crippen molar-refractivity contribution < 1.29 is 9.84 Å². The molecular weight excluding hydrogens is 202 g/mol. The molecule has 2 unspecified atom stereocenters. The van der Waals surface area contributed by atoms with Gasteiger partial charge >= 0.3 is 0 Å². The second-order valence-electron chi connectivity index (χ2n) is 5.03. The van der Waals surface area contributed by atoms with Gasteiger partial charge in [0.05, 0.1) is 6.10 Å². The van der Waals surface area contributed by atoms with Crippen LogP contribution in [0.25, 0.3) is 0 Å². The van der Waals surface area contributed by atoms with Crippen molar-refractivity contribution in [2.75, 3.05) is 13.7 Å². The number of ether oxygens (including phenoxy) is 1. The second kappa shape index (κ2) is 5.99. The van der Waals surface area contributed by atoms with Gasteiger partial charge in [-0.25, -0.2) is 0 Å².